The third-order valence-corrected chi connectivity index (χ3v) is 5.50. The molecule has 0 bridgehead atoms. The Bertz CT molecular complexity index is 937. The molecule has 0 amide bonds. The predicted molar refractivity (Wildman–Crippen MR) is 108 cm³/mol. The molecule has 1 saturated heterocycles. The molecule has 1 fully saturated rings. The number of hydrogen-bond donors (Lipinski definition) is 2. The fourth-order valence-electron chi connectivity index (χ4n) is 3.16. The van der Waals surface area contributed by atoms with Crippen molar-refractivity contribution in [3.63, 3.8) is 0 Å². The number of hydrogen-bond acceptors (Lipinski definition) is 9. The Morgan fingerprint density at radius 3 is 2.67 bits per heavy atom. The molecule has 27 heavy (non-hydrogen) atoms. The Kier molecular flexibility index (Phi) is 5.15. The summed E-state index contributed by atoms with van der Waals surface area (Å²) in [6.45, 7) is 8.33. The molecule has 142 valence electrons. The highest BCUT2D eigenvalue weighted by Gasteiger charge is 2.20. The molecule has 1 aliphatic heterocycles. The molecule has 3 heterocycles. The number of anilines is 3. The first kappa shape index (κ1) is 18.0. The van der Waals surface area contributed by atoms with Gasteiger partial charge in [0.2, 0.25) is 11.9 Å². The second-order valence-corrected chi connectivity index (χ2v) is 7.70. The number of aromatic nitrogens is 4. The summed E-state index contributed by atoms with van der Waals surface area (Å²) < 4.78 is 1.14. The van der Waals surface area contributed by atoms with Crippen LogP contribution in [-0.4, -0.2) is 69.3 Å². The highest BCUT2D eigenvalue weighted by Crippen LogP contribution is 2.28. The van der Waals surface area contributed by atoms with Crippen LogP contribution in [0.2, 0.25) is 0 Å². The Balaban J connectivity index is 1.51. The van der Waals surface area contributed by atoms with Crippen LogP contribution in [-0.2, 0) is 0 Å². The van der Waals surface area contributed by atoms with E-state index in [0.717, 1.165) is 41.5 Å². The number of nitrogens with one attached hydrogen (secondary N) is 1. The van der Waals surface area contributed by atoms with Crippen LogP contribution in [0.15, 0.2) is 18.2 Å². The van der Waals surface area contributed by atoms with Crippen molar-refractivity contribution >= 4 is 38.6 Å². The standard InChI is InChI=1S/C18H23N7OS/c1-12-3-4-14-15(11-12)27-18(21-14)23-16-19-13(2)20-17(22-16)25-7-5-24(6-8-25)9-10-26/h3-4,11,26H,5-10H2,1-2H3,(H,19,20,21,22,23). The number of piperazine rings is 1. The molecule has 2 aromatic heterocycles. The minimum Gasteiger partial charge on any atom is -0.395 e. The van der Waals surface area contributed by atoms with Gasteiger partial charge in [-0.2, -0.15) is 15.0 Å². The average molecular weight is 385 g/mol. The van der Waals surface area contributed by atoms with E-state index in [1.54, 1.807) is 11.3 Å². The minimum atomic E-state index is 0.195. The van der Waals surface area contributed by atoms with Gasteiger partial charge in [0.15, 0.2) is 5.13 Å². The van der Waals surface area contributed by atoms with Gasteiger partial charge < -0.3 is 10.0 Å². The summed E-state index contributed by atoms with van der Waals surface area (Å²) in [7, 11) is 0. The number of benzene rings is 1. The lowest BCUT2D eigenvalue weighted by Crippen LogP contribution is -2.47. The van der Waals surface area contributed by atoms with Crippen LogP contribution >= 0.6 is 11.3 Å². The van der Waals surface area contributed by atoms with Gasteiger partial charge in [-0.05, 0) is 31.5 Å². The van der Waals surface area contributed by atoms with E-state index >= 15 is 0 Å². The fourth-order valence-corrected chi connectivity index (χ4v) is 4.12. The van der Waals surface area contributed by atoms with E-state index < -0.39 is 0 Å². The van der Waals surface area contributed by atoms with E-state index in [-0.39, 0.29) is 6.61 Å². The molecule has 0 spiro atoms. The van der Waals surface area contributed by atoms with Gasteiger partial charge in [-0.15, -0.1) is 0 Å². The number of β-amino-alcohol motifs (C(OH)–C–C–N with tert-alkyl or cyclic N) is 1. The topological polar surface area (TPSA) is 90.3 Å². The Labute approximate surface area is 161 Å². The smallest absolute Gasteiger partial charge is 0.234 e. The number of aliphatic hydroxyl groups is 1. The molecule has 1 aliphatic rings. The maximum Gasteiger partial charge on any atom is 0.234 e. The van der Waals surface area contributed by atoms with E-state index in [4.69, 9.17) is 5.11 Å². The lowest BCUT2D eigenvalue weighted by atomic mass is 10.2. The first-order valence-electron chi connectivity index (χ1n) is 9.06. The summed E-state index contributed by atoms with van der Waals surface area (Å²) in [5.41, 5.74) is 2.19. The zero-order chi connectivity index (χ0) is 18.8. The van der Waals surface area contributed by atoms with Crippen LogP contribution in [0.3, 0.4) is 0 Å². The molecule has 0 atom stereocenters. The predicted octanol–water partition coefficient (Wildman–Crippen LogP) is 1.96. The van der Waals surface area contributed by atoms with Crippen molar-refractivity contribution in [1.29, 1.82) is 0 Å². The Morgan fingerprint density at radius 1 is 1.07 bits per heavy atom. The third-order valence-electron chi connectivity index (χ3n) is 4.57. The maximum atomic E-state index is 9.08. The fraction of sp³-hybridized carbons (Fsp3) is 0.444. The maximum absolute atomic E-state index is 9.08. The summed E-state index contributed by atoms with van der Waals surface area (Å²) in [5, 5.41) is 13.1. The van der Waals surface area contributed by atoms with E-state index in [1.165, 1.54) is 5.56 Å². The quantitative estimate of drug-likeness (QED) is 0.689. The van der Waals surface area contributed by atoms with Gasteiger partial charge in [-0.1, -0.05) is 17.4 Å². The normalized spacial score (nSPS) is 15.4. The van der Waals surface area contributed by atoms with Crippen LogP contribution in [0.25, 0.3) is 10.2 Å². The molecular weight excluding hydrogens is 362 g/mol. The molecule has 0 unspecified atom stereocenters. The second-order valence-electron chi connectivity index (χ2n) is 6.67. The number of thiazole rings is 1. The van der Waals surface area contributed by atoms with Gasteiger partial charge in [0.05, 0.1) is 16.8 Å². The summed E-state index contributed by atoms with van der Waals surface area (Å²) in [5.74, 6) is 1.88. The minimum absolute atomic E-state index is 0.195. The van der Waals surface area contributed by atoms with Crippen molar-refractivity contribution in [2.24, 2.45) is 0 Å². The summed E-state index contributed by atoms with van der Waals surface area (Å²) in [4.78, 5) is 22.5. The van der Waals surface area contributed by atoms with Gasteiger partial charge in [-0.3, -0.25) is 10.2 Å². The molecular formula is C18H23N7OS. The number of aliphatic hydroxyl groups excluding tert-OH is 1. The van der Waals surface area contributed by atoms with E-state index in [2.05, 4.69) is 54.1 Å². The number of fused-ring (bicyclic) bond motifs is 1. The van der Waals surface area contributed by atoms with Crippen molar-refractivity contribution in [3.05, 3.63) is 29.6 Å². The average Bonchev–Trinajstić information content (AvgIpc) is 3.03. The molecule has 1 aromatic carbocycles. The molecule has 4 rings (SSSR count). The third kappa shape index (κ3) is 4.15. The zero-order valence-electron chi connectivity index (χ0n) is 15.5. The van der Waals surface area contributed by atoms with Gasteiger partial charge in [0.25, 0.3) is 0 Å². The van der Waals surface area contributed by atoms with Crippen molar-refractivity contribution in [2.75, 3.05) is 49.5 Å². The van der Waals surface area contributed by atoms with Crippen LogP contribution < -0.4 is 10.2 Å². The van der Waals surface area contributed by atoms with Crippen LogP contribution in [0.4, 0.5) is 17.0 Å². The van der Waals surface area contributed by atoms with Crippen LogP contribution in [0.1, 0.15) is 11.4 Å². The van der Waals surface area contributed by atoms with E-state index in [0.29, 0.717) is 24.3 Å². The molecule has 8 nitrogen and oxygen atoms in total. The number of rotatable bonds is 5. The molecule has 2 N–H and O–H groups in total. The monoisotopic (exact) mass is 385 g/mol. The van der Waals surface area contributed by atoms with Crippen LogP contribution in [0, 0.1) is 13.8 Å². The first-order valence-corrected chi connectivity index (χ1v) is 9.87. The second kappa shape index (κ2) is 7.71. The van der Waals surface area contributed by atoms with Crippen molar-refractivity contribution in [1.82, 2.24) is 24.8 Å². The molecule has 3 aromatic rings. The summed E-state index contributed by atoms with van der Waals surface area (Å²) >= 11 is 1.59. The summed E-state index contributed by atoms with van der Waals surface area (Å²) in [6, 6.07) is 6.23. The van der Waals surface area contributed by atoms with Crippen molar-refractivity contribution in [2.45, 2.75) is 13.8 Å². The SMILES string of the molecule is Cc1ccc2nc(Nc3nc(C)nc(N4CCN(CCO)CC4)n3)sc2c1. The largest absolute Gasteiger partial charge is 0.395 e. The zero-order valence-corrected chi connectivity index (χ0v) is 16.3. The lowest BCUT2D eigenvalue weighted by Gasteiger charge is -2.34. The molecule has 0 aliphatic carbocycles. The Hall–Kier alpha value is -2.36. The van der Waals surface area contributed by atoms with Crippen molar-refractivity contribution < 1.29 is 5.11 Å². The number of aryl methyl sites for hydroxylation is 2. The Morgan fingerprint density at radius 2 is 1.89 bits per heavy atom. The summed E-state index contributed by atoms with van der Waals surface area (Å²) in [6.07, 6.45) is 0. The highest BCUT2D eigenvalue weighted by atomic mass is 32.1. The first-order chi connectivity index (χ1) is 13.1. The highest BCUT2D eigenvalue weighted by molar-refractivity contribution is 7.22. The number of nitrogens with zero attached hydrogens (tertiary/aromatic N) is 6. The molecule has 9 heteroatoms. The molecule has 0 radical (unpaired) electrons. The van der Waals surface area contributed by atoms with Gasteiger partial charge in [0.1, 0.15) is 5.82 Å². The van der Waals surface area contributed by atoms with Crippen LogP contribution in [0.5, 0.6) is 0 Å². The lowest BCUT2D eigenvalue weighted by molar-refractivity contribution is 0.188. The van der Waals surface area contributed by atoms with Crippen molar-refractivity contribution in [3.8, 4) is 0 Å². The van der Waals surface area contributed by atoms with E-state index in [9.17, 15) is 0 Å². The van der Waals surface area contributed by atoms with Gasteiger partial charge in [-0.25, -0.2) is 4.98 Å². The van der Waals surface area contributed by atoms with Gasteiger partial charge >= 0.3 is 0 Å². The molecule has 0 saturated carbocycles. The van der Waals surface area contributed by atoms with Gasteiger partial charge in [0, 0.05) is 32.7 Å². The van der Waals surface area contributed by atoms with E-state index in [1.807, 2.05) is 13.0 Å².